The minimum absolute atomic E-state index is 0.221. The van der Waals surface area contributed by atoms with Gasteiger partial charge in [0.15, 0.2) is 0 Å². The maximum absolute atomic E-state index is 11.9. The molecule has 3 aromatic rings. The van der Waals surface area contributed by atoms with Crippen molar-refractivity contribution in [2.24, 2.45) is 0 Å². The van der Waals surface area contributed by atoms with Crippen LogP contribution in [0.15, 0.2) is 43.1 Å². The quantitative estimate of drug-likeness (QED) is 0.726. The fraction of sp³-hybridized carbons (Fsp3) is 0.368. The number of nitrogens with one attached hydrogen (secondary N) is 1. The molecule has 2 aliphatic rings. The van der Waals surface area contributed by atoms with Gasteiger partial charge in [-0.2, -0.15) is 0 Å². The molecule has 5 heterocycles. The zero-order valence-electron chi connectivity index (χ0n) is 14.3. The Labute approximate surface area is 151 Å². The lowest BCUT2D eigenvalue weighted by atomic mass is 10.0. The smallest absolute Gasteiger partial charge is 0.142 e. The molecule has 3 aromatic heterocycles. The van der Waals surface area contributed by atoms with Crippen molar-refractivity contribution in [3.05, 3.63) is 48.7 Å². The summed E-state index contributed by atoms with van der Waals surface area (Å²) in [7, 11) is 0. The van der Waals surface area contributed by atoms with Gasteiger partial charge in [-0.1, -0.05) is 6.07 Å². The molecular formula is C19H20N6O. The number of nitrogens with zero attached hydrogens (tertiary/aromatic N) is 5. The summed E-state index contributed by atoms with van der Waals surface area (Å²) in [6.07, 6.45) is 10.3. The number of aldehydes is 1. The lowest BCUT2D eigenvalue weighted by molar-refractivity contribution is -0.114. The highest BCUT2D eigenvalue weighted by atomic mass is 16.1. The highest BCUT2D eigenvalue weighted by molar-refractivity contribution is 5.87. The first-order valence-corrected chi connectivity index (χ1v) is 9.01. The molecule has 3 atom stereocenters. The van der Waals surface area contributed by atoms with Crippen molar-refractivity contribution in [2.75, 3.05) is 18.0 Å². The largest absolute Gasteiger partial charge is 0.353 e. The lowest BCUT2D eigenvalue weighted by Gasteiger charge is -2.44. The fourth-order valence-corrected chi connectivity index (χ4v) is 4.55. The second kappa shape index (κ2) is 6.17. The van der Waals surface area contributed by atoms with Crippen molar-refractivity contribution in [3.8, 4) is 0 Å². The molecule has 2 fully saturated rings. The average molecular weight is 348 g/mol. The molecule has 0 aliphatic carbocycles. The van der Waals surface area contributed by atoms with Gasteiger partial charge in [0.05, 0.1) is 11.4 Å². The van der Waals surface area contributed by atoms with Gasteiger partial charge in [-0.3, -0.25) is 9.88 Å². The number of pyridine rings is 1. The van der Waals surface area contributed by atoms with Crippen LogP contribution in [-0.4, -0.2) is 56.3 Å². The number of piperazine rings is 1. The monoisotopic (exact) mass is 348 g/mol. The first kappa shape index (κ1) is 15.5. The molecule has 2 bridgehead atoms. The van der Waals surface area contributed by atoms with Gasteiger partial charge in [0.1, 0.15) is 24.1 Å². The SMILES string of the molecule is O=CC(c1cccnc1)N1C2CCC1CN(c1ncnc3[nH]ccc13)C2. The summed E-state index contributed by atoms with van der Waals surface area (Å²) in [4.78, 5) is 32.8. The van der Waals surface area contributed by atoms with Crippen LogP contribution in [-0.2, 0) is 4.79 Å². The maximum Gasteiger partial charge on any atom is 0.142 e. The summed E-state index contributed by atoms with van der Waals surface area (Å²) in [5, 5.41) is 1.06. The summed E-state index contributed by atoms with van der Waals surface area (Å²) in [6.45, 7) is 1.75. The van der Waals surface area contributed by atoms with Crippen molar-refractivity contribution in [1.29, 1.82) is 0 Å². The third-order valence-corrected chi connectivity index (χ3v) is 5.65. The van der Waals surface area contributed by atoms with Gasteiger partial charge in [0.2, 0.25) is 0 Å². The molecule has 0 spiro atoms. The van der Waals surface area contributed by atoms with E-state index in [1.54, 1.807) is 18.7 Å². The predicted octanol–water partition coefficient (Wildman–Crippen LogP) is 1.95. The lowest BCUT2D eigenvalue weighted by Crippen LogP contribution is -2.55. The molecule has 1 N–H and O–H groups in total. The minimum Gasteiger partial charge on any atom is -0.353 e. The van der Waals surface area contributed by atoms with Gasteiger partial charge < -0.3 is 14.7 Å². The summed E-state index contributed by atoms with van der Waals surface area (Å²) in [5.74, 6) is 0.983. The van der Waals surface area contributed by atoms with Crippen LogP contribution in [0.25, 0.3) is 11.0 Å². The Morgan fingerprint density at radius 3 is 2.77 bits per heavy atom. The van der Waals surface area contributed by atoms with E-state index in [2.05, 4.69) is 29.7 Å². The molecule has 0 amide bonds. The molecule has 0 radical (unpaired) electrons. The molecule has 3 unspecified atom stereocenters. The van der Waals surface area contributed by atoms with Crippen LogP contribution in [0.4, 0.5) is 5.82 Å². The number of fused-ring (bicyclic) bond motifs is 3. The van der Waals surface area contributed by atoms with Crippen molar-refractivity contribution >= 4 is 23.1 Å². The van der Waals surface area contributed by atoms with Crippen molar-refractivity contribution in [1.82, 2.24) is 24.8 Å². The maximum atomic E-state index is 11.9. The molecule has 7 heteroatoms. The molecule has 7 nitrogen and oxygen atoms in total. The van der Waals surface area contributed by atoms with Crippen LogP contribution in [0.1, 0.15) is 24.4 Å². The number of anilines is 1. The highest BCUT2D eigenvalue weighted by Gasteiger charge is 2.44. The van der Waals surface area contributed by atoms with E-state index in [1.165, 1.54) is 0 Å². The van der Waals surface area contributed by atoms with E-state index in [9.17, 15) is 4.79 Å². The number of carbonyl (C=O) groups is 1. The van der Waals surface area contributed by atoms with Gasteiger partial charge in [0, 0.05) is 43.8 Å². The molecule has 2 aliphatic heterocycles. The average Bonchev–Trinajstić information content (AvgIpc) is 3.25. The van der Waals surface area contributed by atoms with Crippen molar-refractivity contribution in [3.63, 3.8) is 0 Å². The number of H-pyrrole nitrogens is 1. The Morgan fingerprint density at radius 1 is 1.19 bits per heavy atom. The molecule has 0 saturated carbocycles. The van der Waals surface area contributed by atoms with Gasteiger partial charge in [-0.15, -0.1) is 0 Å². The van der Waals surface area contributed by atoms with E-state index >= 15 is 0 Å². The second-order valence-corrected chi connectivity index (χ2v) is 7.04. The molecule has 5 rings (SSSR count). The second-order valence-electron chi connectivity index (χ2n) is 7.04. The standard InChI is InChI=1S/C19H20N6O/c26-11-17(13-2-1-6-20-8-13)25-14-3-4-15(25)10-24(9-14)19-16-5-7-21-18(16)22-12-23-19/h1-2,5-8,11-12,14-15,17H,3-4,9-10H2,(H,21,22,23). The Morgan fingerprint density at radius 2 is 2.04 bits per heavy atom. The normalized spacial score (nSPS) is 24.1. The molecule has 2 saturated heterocycles. The molecule has 132 valence electrons. The summed E-state index contributed by atoms with van der Waals surface area (Å²) < 4.78 is 0. The van der Waals surface area contributed by atoms with Crippen LogP contribution < -0.4 is 4.90 Å². The summed E-state index contributed by atoms with van der Waals surface area (Å²) >= 11 is 0. The Bertz CT molecular complexity index is 912. The van der Waals surface area contributed by atoms with Gasteiger partial charge >= 0.3 is 0 Å². The van der Waals surface area contributed by atoms with Crippen molar-refractivity contribution in [2.45, 2.75) is 31.0 Å². The topological polar surface area (TPSA) is 78.0 Å². The van der Waals surface area contributed by atoms with Gasteiger partial charge in [-0.25, -0.2) is 9.97 Å². The zero-order valence-corrected chi connectivity index (χ0v) is 14.3. The predicted molar refractivity (Wildman–Crippen MR) is 97.8 cm³/mol. The number of rotatable bonds is 4. The van der Waals surface area contributed by atoms with E-state index in [0.717, 1.165) is 54.6 Å². The highest BCUT2D eigenvalue weighted by Crippen LogP contribution is 2.38. The van der Waals surface area contributed by atoms with Crippen LogP contribution in [0.5, 0.6) is 0 Å². The number of aromatic amines is 1. The number of carbonyl (C=O) groups excluding carboxylic acids is 1. The van der Waals surface area contributed by atoms with Crippen molar-refractivity contribution < 1.29 is 4.79 Å². The van der Waals surface area contributed by atoms with E-state index in [0.29, 0.717) is 12.1 Å². The number of hydrogen-bond acceptors (Lipinski definition) is 6. The van der Waals surface area contributed by atoms with Crippen LogP contribution in [0.2, 0.25) is 0 Å². The van der Waals surface area contributed by atoms with E-state index in [-0.39, 0.29) is 6.04 Å². The van der Waals surface area contributed by atoms with E-state index < -0.39 is 0 Å². The van der Waals surface area contributed by atoms with E-state index in [4.69, 9.17) is 0 Å². The number of hydrogen-bond donors (Lipinski definition) is 1. The third kappa shape index (κ3) is 2.39. The molecule has 0 aromatic carbocycles. The summed E-state index contributed by atoms with van der Waals surface area (Å²) in [5.41, 5.74) is 1.84. The Kier molecular flexibility index (Phi) is 3.67. The molecular weight excluding hydrogens is 328 g/mol. The van der Waals surface area contributed by atoms with Crippen LogP contribution in [0, 0.1) is 0 Å². The minimum atomic E-state index is -0.221. The Balaban J connectivity index is 1.45. The first-order chi connectivity index (χ1) is 12.8. The van der Waals surface area contributed by atoms with Crippen LogP contribution in [0.3, 0.4) is 0 Å². The summed E-state index contributed by atoms with van der Waals surface area (Å²) in [6, 6.07) is 6.38. The Hall–Kier alpha value is -2.80. The van der Waals surface area contributed by atoms with Crippen LogP contribution >= 0.6 is 0 Å². The third-order valence-electron chi connectivity index (χ3n) is 5.65. The first-order valence-electron chi connectivity index (χ1n) is 9.01. The van der Waals surface area contributed by atoms with Gasteiger partial charge in [-0.05, 0) is 30.5 Å². The number of aromatic nitrogens is 4. The van der Waals surface area contributed by atoms with E-state index in [1.807, 2.05) is 24.4 Å². The zero-order chi connectivity index (χ0) is 17.5. The fourth-order valence-electron chi connectivity index (χ4n) is 4.55. The van der Waals surface area contributed by atoms with Gasteiger partial charge in [0.25, 0.3) is 0 Å². The molecule has 26 heavy (non-hydrogen) atoms.